The number of likely N-dealkylation sites (tertiary alicyclic amines) is 1. The summed E-state index contributed by atoms with van der Waals surface area (Å²) in [5.41, 5.74) is 2.00. The third-order valence-corrected chi connectivity index (χ3v) is 5.36. The normalized spacial score (nSPS) is 16.5. The van der Waals surface area contributed by atoms with Gasteiger partial charge in [0.25, 0.3) is 11.8 Å². The first-order valence-corrected chi connectivity index (χ1v) is 9.99. The molecule has 0 aliphatic carbocycles. The topological polar surface area (TPSA) is 103 Å². The zero-order valence-corrected chi connectivity index (χ0v) is 16.6. The van der Waals surface area contributed by atoms with Crippen LogP contribution in [-0.4, -0.2) is 57.3 Å². The lowest BCUT2D eigenvalue weighted by molar-refractivity contribution is 0.0705. The summed E-state index contributed by atoms with van der Waals surface area (Å²) in [6.07, 6.45) is 4.82. The van der Waals surface area contributed by atoms with Crippen molar-refractivity contribution >= 4 is 5.91 Å². The summed E-state index contributed by atoms with van der Waals surface area (Å²) in [4.78, 5) is 23.2. The molecule has 0 unspecified atom stereocenters. The van der Waals surface area contributed by atoms with Gasteiger partial charge in [0, 0.05) is 30.8 Å². The van der Waals surface area contributed by atoms with Crippen molar-refractivity contribution in [1.29, 1.82) is 0 Å². The maximum absolute atomic E-state index is 12.9. The van der Waals surface area contributed by atoms with Crippen LogP contribution in [0.1, 0.15) is 40.7 Å². The van der Waals surface area contributed by atoms with Crippen LogP contribution in [-0.2, 0) is 0 Å². The number of carbonyl (C=O) groups is 1. The van der Waals surface area contributed by atoms with Gasteiger partial charge in [-0.05, 0) is 38.0 Å². The summed E-state index contributed by atoms with van der Waals surface area (Å²) in [6.45, 7) is 4.15. The summed E-state index contributed by atoms with van der Waals surface area (Å²) < 4.78 is 16.9. The molecule has 1 amide bonds. The van der Waals surface area contributed by atoms with Crippen molar-refractivity contribution in [2.24, 2.45) is 0 Å². The van der Waals surface area contributed by atoms with Gasteiger partial charge in [-0.15, -0.1) is 10.2 Å². The molecule has 0 radical (unpaired) electrons. The predicted octanol–water partition coefficient (Wildman–Crippen LogP) is 2.63. The van der Waals surface area contributed by atoms with Crippen LogP contribution in [0.25, 0.3) is 11.6 Å². The van der Waals surface area contributed by atoms with Crippen LogP contribution in [0.15, 0.2) is 35.0 Å². The smallest absolute Gasteiger partial charge is 0.267 e. The van der Waals surface area contributed by atoms with Gasteiger partial charge in [0.05, 0.1) is 11.9 Å². The van der Waals surface area contributed by atoms with E-state index in [0.717, 1.165) is 18.5 Å². The molecule has 9 nitrogen and oxygen atoms in total. The highest BCUT2D eigenvalue weighted by Crippen LogP contribution is 2.33. The Morgan fingerprint density at radius 2 is 1.83 bits per heavy atom. The second kappa shape index (κ2) is 7.74. The van der Waals surface area contributed by atoms with E-state index in [1.807, 2.05) is 11.8 Å². The number of aryl methyl sites for hydroxylation is 1. The van der Waals surface area contributed by atoms with Crippen molar-refractivity contribution in [2.45, 2.75) is 25.7 Å². The van der Waals surface area contributed by atoms with Crippen LogP contribution in [0, 0.1) is 6.92 Å². The van der Waals surface area contributed by atoms with Crippen molar-refractivity contribution in [2.75, 3.05) is 26.3 Å². The third kappa shape index (κ3) is 3.58. The van der Waals surface area contributed by atoms with Crippen LogP contribution >= 0.6 is 0 Å². The number of nitrogens with zero attached hydrogens (tertiary/aromatic N) is 5. The molecule has 2 aromatic heterocycles. The maximum atomic E-state index is 12.9. The Morgan fingerprint density at radius 1 is 1.03 bits per heavy atom. The van der Waals surface area contributed by atoms with E-state index in [1.54, 1.807) is 30.6 Å². The standard InChI is InChI=1S/C21H21N5O4/c1-13-11-23-16(12-22-13)20-25-24-19(30-20)14-4-6-26(7-5-14)21(27)15-2-3-17-18(10-15)29-9-8-28-17/h2-3,10-12,14H,4-9H2,1H3. The lowest BCUT2D eigenvalue weighted by atomic mass is 9.96. The number of benzene rings is 1. The molecule has 2 aliphatic heterocycles. The predicted molar refractivity (Wildman–Crippen MR) is 105 cm³/mol. The summed E-state index contributed by atoms with van der Waals surface area (Å²) in [5.74, 6) is 2.37. The molecule has 0 N–H and O–H groups in total. The van der Waals surface area contributed by atoms with Crippen molar-refractivity contribution in [1.82, 2.24) is 25.1 Å². The molecule has 5 rings (SSSR count). The second-order valence-electron chi connectivity index (χ2n) is 7.41. The molecule has 0 spiro atoms. The van der Waals surface area contributed by atoms with Crippen LogP contribution in [0.4, 0.5) is 0 Å². The van der Waals surface area contributed by atoms with Gasteiger partial charge in [-0.3, -0.25) is 9.78 Å². The van der Waals surface area contributed by atoms with E-state index in [1.165, 1.54) is 0 Å². The number of fused-ring (bicyclic) bond motifs is 1. The molecule has 1 aromatic carbocycles. The first kappa shape index (κ1) is 18.5. The lowest BCUT2D eigenvalue weighted by Crippen LogP contribution is -2.38. The summed E-state index contributed by atoms with van der Waals surface area (Å²) >= 11 is 0. The molecule has 9 heteroatoms. The molecule has 1 saturated heterocycles. The third-order valence-electron chi connectivity index (χ3n) is 5.36. The first-order valence-electron chi connectivity index (χ1n) is 9.99. The molecule has 3 aromatic rings. The number of hydrogen-bond donors (Lipinski definition) is 0. The number of amides is 1. The SMILES string of the molecule is Cc1cnc(-c2nnc(C3CCN(C(=O)c4ccc5c(c4)OCCO5)CC3)o2)cn1. The number of carbonyl (C=O) groups excluding carboxylic acids is 1. The Labute approximate surface area is 173 Å². The van der Waals surface area contributed by atoms with E-state index in [2.05, 4.69) is 20.2 Å². The van der Waals surface area contributed by atoms with E-state index in [4.69, 9.17) is 13.9 Å². The zero-order valence-electron chi connectivity index (χ0n) is 16.6. The molecule has 4 heterocycles. The van der Waals surface area contributed by atoms with E-state index in [0.29, 0.717) is 60.8 Å². The van der Waals surface area contributed by atoms with E-state index in [-0.39, 0.29) is 11.8 Å². The summed E-state index contributed by atoms with van der Waals surface area (Å²) in [6, 6.07) is 5.34. The number of piperidine rings is 1. The number of ether oxygens (including phenoxy) is 2. The van der Waals surface area contributed by atoms with Crippen LogP contribution < -0.4 is 9.47 Å². The number of aromatic nitrogens is 4. The van der Waals surface area contributed by atoms with Gasteiger partial charge < -0.3 is 18.8 Å². The van der Waals surface area contributed by atoms with Gasteiger partial charge in [0.2, 0.25) is 5.89 Å². The monoisotopic (exact) mass is 407 g/mol. The number of hydrogen-bond acceptors (Lipinski definition) is 8. The fourth-order valence-electron chi connectivity index (χ4n) is 3.69. The molecular weight excluding hydrogens is 386 g/mol. The fourth-order valence-corrected chi connectivity index (χ4v) is 3.69. The van der Waals surface area contributed by atoms with Gasteiger partial charge >= 0.3 is 0 Å². The average Bonchev–Trinajstić information content (AvgIpc) is 3.29. The van der Waals surface area contributed by atoms with Crippen molar-refractivity contribution in [3.63, 3.8) is 0 Å². The molecule has 30 heavy (non-hydrogen) atoms. The highest BCUT2D eigenvalue weighted by atomic mass is 16.6. The fraction of sp³-hybridized carbons (Fsp3) is 0.381. The average molecular weight is 407 g/mol. The van der Waals surface area contributed by atoms with E-state index < -0.39 is 0 Å². The van der Waals surface area contributed by atoms with Gasteiger partial charge in [-0.1, -0.05) is 0 Å². The largest absolute Gasteiger partial charge is 0.486 e. The Kier molecular flexibility index (Phi) is 4.78. The molecule has 2 aliphatic rings. The number of rotatable bonds is 3. The molecule has 0 bridgehead atoms. The minimum Gasteiger partial charge on any atom is -0.486 e. The molecule has 1 fully saturated rings. The minimum atomic E-state index is -0.00780. The Balaban J connectivity index is 1.23. The highest BCUT2D eigenvalue weighted by molar-refractivity contribution is 5.95. The van der Waals surface area contributed by atoms with Crippen LogP contribution in [0.2, 0.25) is 0 Å². The van der Waals surface area contributed by atoms with E-state index in [9.17, 15) is 4.79 Å². The second-order valence-corrected chi connectivity index (χ2v) is 7.41. The zero-order chi connectivity index (χ0) is 20.5. The Bertz CT molecular complexity index is 1060. The van der Waals surface area contributed by atoms with Gasteiger partial charge in [0.1, 0.15) is 18.9 Å². The molecule has 0 saturated carbocycles. The van der Waals surface area contributed by atoms with Crippen LogP contribution in [0.3, 0.4) is 0 Å². The van der Waals surface area contributed by atoms with Gasteiger partial charge in [-0.25, -0.2) is 4.98 Å². The highest BCUT2D eigenvalue weighted by Gasteiger charge is 2.29. The first-order chi connectivity index (χ1) is 14.7. The van der Waals surface area contributed by atoms with Gasteiger partial charge in [0.15, 0.2) is 11.5 Å². The lowest BCUT2D eigenvalue weighted by Gasteiger charge is -2.30. The van der Waals surface area contributed by atoms with Crippen molar-refractivity contribution < 1.29 is 18.7 Å². The molecule has 0 atom stereocenters. The Hall–Kier alpha value is -3.49. The van der Waals surface area contributed by atoms with Crippen molar-refractivity contribution in [3.05, 3.63) is 47.7 Å². The Morgan fingerprint density at radius 3 is 2.60 bits per heavy atom. The summed E-state index contributed by atoms with van der Waals surface area (Å²) in [5, 5.41) is 8.31. The van der Waals surface area contributed by atoms with Crippen LogP contribution in [0.5, 0.6) is 11.5 Å². The molecular formula is C21H21N5O4. The van der Waals surface area contributed by atoms with Gasteiger partial charge in [-0.2, -0.15) is 0 Å². The van der Waals surface area contributed by atoms with E-state index >= 15 is 0 Å². The van der Waals surface area contributed by atoms with Crippen molar-refractivity contribution in [3.8, 4) is 23.1 Å². The minimum absolute atomic E-state index is 0.00780. The quantitative estimate of drug-likeness (QED) is 0.653. The molecule has 154 valence electrons. The summed E-state index contributed by atoms with van der Waals surface area (Å²) in [7, 11) is 0. The maximum Gasteiger partial charge on any atom is 0.267 e.